The molecular weight excluding hydrogens is 986 g/mol. The molecule has 1 saturated carbocycles. The highest BCUT2D eigenvalue weighted by molar-refractivity contribution is 7.57. The average Bonchev–Trinajstić information content (AvgIpc) is 3.36. The van der Waals surface area contributed by atoms with E-state index in [4.69, 9.17) is 37.7 Å². The third-order valence-corrected chi connectivity index (χ3v) is 16.3. The maximum absolute atomic E-state index is 14.6. The van der Waals surface area contributed by atoms with Gasteiger partial charge in [0, 0.05) is 71.8 Å². The van der Waals surface area contributed by atoms with Gasteiger partial charge in [-0.25, -0.2) is 4.79 Å². The second kappa shape index (κ2) is 30.8. The number of aliphatic hydroxyl groups is 2. The first kappa shape index (κ1) is 64.3. The monoisotopic (exact) mass is 1080 g/mol. The van der Waals surface area contributed by atoms with E-state index < -0.39 is 85.1 Å². The number of carbonyl (C=O) groups excluding carboxylic acids is 5. The molecule has 0 aromatic carbocycles. The summed E-state index contributed by atoms with van der Waals surface area (Å²) in [7, 11) is 1.76. The summed E-state index contributed by atoms with van der Waals surface area (Å²) < 4.78 is 59.7. The summed E-state index contributed by atoms with van der Waals surface area (Å²) >= 11 is 0. The van der Waals surface area contributed by atoms with Crippen LogP contribution in [-0.2, 0) is 66.2 Å². The van der Waals surface area contributed by atoms with E-state index in [-0.39, 0.29) is 73.9 Å². The smallest absolute Gasteiger partial charge is 0.329 e. The number of piperidine rings is 1. The number of carbonyl (C=O) groups is 5. The highest BCUT2D eigenvalue weighted by Gasteiger charge is 2.53. The molecule has 4 rings (SSSR count). The lowest BCUT2D eigenvalue weighted by atomic mass is 9.78. The summed E-state index contributed by atoms with van der Waals surface area (Å²) in [5.74, 6) is -8.33. The van der Waals surface area contributed by atoms with Gasteiger partial charge < -0.3 is 52.8 Å². The van der Waals surface area contributed by atoms with Crippen molar-refractivity contribution in [2.45, 2.75) is 180 Å². The van der Waals surface area contributed by atoms with Crippen LogP contribution in [0.4, 0.5) is 0 Å². The second-order valence-electron chi connectivity index (χ2n) is 22.2. The van der Waals surface area contributed by atoms with Gasteiger partial charge in [0.25, 0.3) is 11.7 Å². The number of hydrogen-bond acceptors (Lipinski definition) is 16. The van der Waals surface area contributed by atoms with E-state index in [2.05, 4.69) is 0 Å². The van der Waals surface area contributed by atoms with Crippen LogP contribution < -0.4 is 0 Å². The first-order chi connectivity index (χ1) is 35.4. The number of allylic oxidation sites excluding steroid dienone is 6. The van der Waals surface area contributed by atoms with Gasteiger partial charge in [0.2, 0.25) is 5.79 Å². The van der Waals surface area contributed by atoms with Crippen molar-refractivity contribution in [3.05, 3.63) is 47.6 Å². The number of Topliss-reactive ketones (excluding diaryl/α,β-unsaturated/α-hetero) is 3. The molecule has 18 heteroatoms. The fourth-order valence-electron chi connectivity index (χ4n) is 11.0. The maximum atomic E-state index is 14.6. The summed E-state index contributed by atoms with van der Waals surface area (Å²) in [6.45, 7) is 17.2. The van der Waals surface area contributed by atoms with Crippen LogP contribution in [0.15, 0.2) is 47.6 Å². The zero-order chi connectivity index (χ0) is 55.6. The van der Waals surface area contributed by atoms with Gasteiger partial charge in [0.15, 0.2) is 13.2 Å². The van der Waals surface area contributed by atoms with Crippen molar-refractivity contribution in [3.8, 4) is 0 Å². The first-order valence-electron chi connectivity index (χ1n) is 27.3. The number of rotatable bonds is 14. The predicted molar refractivity (Wildman–Crippen MR) is 285 cm³/mol. The Bertz CT molecular complexity index is 2050. The number of cyclic esters (lactones) is 1. The molecule has 1 amide bonds. The van der Waals surface area contributed by atoms with Crippen molar-refractivity contribution in [1.29, 1.82) is 0 Å². The molecule has 1 aliphatic carbocycles. The largest absolute Gasteiger partial charge is 0.460 e. The molecule has 4 aliphatic rings. The Labute approximate surface area is 447 Å². The Morgan fingerprint density at radius 3 is 2.24 bits per heavy atom. The van der Waals surface area contributed by atoms with Crippen LogP contribution in [-0.4, -0.2) is 167 Å². The molecule has 17 nitrogen and oxygen atoms in total. The number of esters is 1. The van der Waals surface area contributed by atoms with Crippen LogP contribution in [0.25, 0.3) is 0 Å². The summed E-state index contributed by atoms with van der Waals surface area (Å²) in [6.07, 6.45) is 10.9. The standard InChI is InChI=1S/C57H92NO16P/c1-36-18-14-13-15-19-37(2)48(71-29-28-70-27-26-67-8)34-44-23-21-42(7)57(65,73-44)54(62)55(63)58-25-17-16-20-45(58)56(64)72-49(39(4)32-43-22-24-47(50(33-43)68-9)74-75(11,12)66)35-46(59)38(3)31-41(6)52(61)53(69-10)51(60)40(5)30-36/h13-15,18-19,31,36,38-40,42-45,47-50,52-53,61,65H,16-17,20-30,32-35H2,1-12H3/b15-13+,18-14+,37-19+,41-31+/t36-,38-,39-,40-,42-,43+,44+,45+,47-,48?,49+,50-,52-,53+,57-/m1/s1. The molecule has 0 radical (unpaired) electrons. The third kappa shape index (κ3) is 19.3. The molecule has 0 aromatic heterocycles. The van der Waals surface area contributed by atoms with Gasteiger partial charge in [0.1, 0.15) is 30.1 Å². The predicted octanol–water partition coefficient (Wildman–Crippen LogP) is 7.78. The number of nitrogens with zero attached hydrogens (tertiary/aromatic N) is 1. The average molecular weight is 1080 g/mol. The van der Waals surface area contributed by atoms with E-state index in [1.165, 1.54) is 12.0 Å². The van der Waals surface area contributed by atoms with Gasteiger partial charge >= 0.3 is 5.97 Å². The van der Waals surface area contributed by atoms with E-state index in [9.17, 15) is 38.8 Å². The highest BCUT2D eigenvalue weighted by atomic mass is 31.2. The normalized spacial score (nSPS) is 36.9. The van der Waals surface area contributed by atoms with Crippen molar-refractivity contribution >= 4 is 36.6 Å². The van der Waals surface area contributed by atoms with E-state index >= 15 is 0 Å². The van der Waals surface area contributed by atoms with Gasteiger partial charge in [-0.15, -0.1) is 0 Å². The van der Waals surface area contributed by atoms with Gasteiger partial charge in [-0.05, 0) is 107 Å². The molecule has 2 saturated heterocycles. The Morgan fingerprint density at radius 1 is 0.840 bits per heavy atom. The Balaban J connectivity index is 1.71. The lowest BCUT2D eigenvalue weighted by Crippen LogP contribution is -2.61. The van der Waals surface area contributed by atoms with Gasteiger partial charge in [-0.2, -0.15) is 0 Å². The van der Waals surface area contributed by atoms with E-state index in [1.807, 2.05) is 58.1 Å². The molecule has 1 unspecified atom stereocenters. The Hall–Kier alpha value is -3.22. The van der Waals surface area contributed by atoms with E-state index in [0.717, 1.165) is 12.0 Å². The molecule has 3 fully saturated rings. The zero-order valence-electron chi connectivity index (χ0n) is 47.1. The van der Waals surface area contributed by atoms with E-state index in [0.29, 0.717) is 76.8 Å². The van der Waals surface area contributed by atoms with Crippen molar-refractivity contribution in [2.75, 3.05) is 67.6 Å². The topological polar surface area (TPSA) is 220 Å². The maximum Gasteiger partial charge on any atom is 0.329 e. The molecule has 15 atom stereocenters. The summed E-state index contributed by atoms with van der Waals surface area (Å²) in [5.41, 5.74) is 1.21. The highest BCUT2D eigenvalue weighted by Crippen LogP contribution is 2.45. The van der Waals surface area contributed by atoms with Crippen molar-refractivity contribution in [1.82, 2.24) is 4.90 Å². The molecule has 75 heavy (non-hydrogen) atoms. The van der Waals surface area contributed by atoms with Gasteiger partial charge in [0.05, 0.1) is 50.8 Å². The number of methoxy groups -OCH3 is 3. The lowest BCUT2D eigenvalue weighted by molar-refractivity contribution is -0.266. The van der Waals surface area contributed by atoms with Gasteiger partial charge in [-0.3, -0.25) is 23.7 Å². The van der Waals surface area contributed by atoms with Crippen LogP contribution >= 0.6 is 7.37 Å². The summed E-state index contributed by atoms with van der Waals surface area (Å²) in [4.78, 5) is 72.9. The molecule has 0 spiro atoms. The molecule has 2 N–H and O–H groups in total. The fraction of sp³-hybridized carbons (Fsp3) is 0.772. The van der Waals surface area contributed by atoms with Crippen LogP contribution in [0.2, 0.25) is 0 Å². The Morgan fingerprint density at radius 2 is 1.56 bits per heavy atom. The Kier molecular flexibility index (Phi) is 26.4. The van der Waals surface area contributed by atoms with Crippen molar-refractivity contribution < 1.29 is 76.4 Å². The summed E-state index contributed by atoms with van der Waals surface area (Å²) in [5, 5.41) is 23.7. The zero-order valence-corrected chi connectivity index (χ0v) is 48.0. The number of hydrogen-bond donors (Lipinski definition) is 2. The number of amides is 1. The van der Waals surface area contributed by atoms with Crippen LogP contribution in [0.3, 0.4) is 0 Å². The molecular formula is C57H92NO16P. The molecule has 426 valence electrons. The van der Waals surface area contributed by atoms with Crippen molar-refractivity contribution in [3.63, 3.8) is 0 Å². The minimum absolute atomic E-state index is 0.0138. The quantitative estimate of drug-likeness (QED) is 0.0558. The molecule has 3 aliphatic heterocycles. The van der Waals surface area contributed by atoms with Crippen LogP contribution in [0, 0.1) is 35.5 Å². The third-order valence-electron chi connectivity index (χ3n) is 15.5. The van der Waals surface area contributed by atoms with Gasteiger partial charge in [-0.1, -0.05) is 71.1 Å². The number of ether oxygens (including phenoxy) is 7. The molecule has 2 bridgehead atoms. The second-order valence-corrected chi connectivity index (χ2v) is 24.9. The van der Waals surface area contributed by atoms with Crippen LogP contribution in [0.1, 0.15) is 126 Å². The van der Waals surface area contributed by atoms with Crippen molar-refractivity contribution in [2.24, 2.45) is 35.5 Å². The number of fused-ring (bicyclic) bond motifs is 3. The first-order valence-corrected chi connectivity index (χ1v) is 29.8. The van der Waals surface area contributed by atoms with E-state index in [1.54, 1.807) is 54.4 Å². The minimum atomic E-state index is -2.80. The molecule has 0 aromatic rings. The molecule has 3 heterocycles. The summed E-state index contributed by atoms with van der Waals surface area (Å²) in [6, 6.07) is -1.18. The fourth-order valence-corrected chi connectivity index (χ4v) is 11.9. The lowest BCUT2D eigenvalue weighted by Gasteiger charge is -2.43. The van der Waals surface area contributed by atoms with Crippen LogP contribution in [0.5, 0.6) is 0 Å². The number of ketones is 3. The minimum Gasteiger partial charge on any atom is -0.460 e. The SMILES string of the molecule is COCCOCCOC1C[C@@H]2CC[C@@H](C)[C@@](O)(O2)C(=O)C(=O)N2CCCC[C@H]2C(=O)O[C@H]([C@H](C)C[C@@H]2CC[C@@H](OP(C)(C)=O)[C@H](OC)C2)CC(=O)[C@H](C)/C=C(\C)[C@@H](O)[C@@H](OC)C(=O)[C@H](C)C[C@H](C)/C=C/C=C/C=C/1C. The number of aliphatic hydroxyl groups excluding tert-OH is 1.